The Labute approximate surface area is 123 Å². The van der Waals surface area contributed by atoms with Gasteiger partial charge in [-0.1, -0.05) is 31.4 Å². The molecular weight excluding hydrogens is 266 g/mol. The molecule has 0 amide bonds. The van der Waals surface area contributed by atoms with Crippen molar-refractivity contribution in [3.05, 3.63) is 35.7 Å². The number of hydrogen-bond donors (Lipinski definition) is 1. The maximum Gasteiger partial charge on any atom is 0.335 e. The Morgan fingerprint density at radius 1 is 1.14 bits per heavy atom. The molecule has 5 nitrogen and oxygen atoms in total. The Bertz CT molecular complexity index is 640. The fourth-order valence-electron chi connectivity index (χ4n) is 3.10. The van der Waals surface area contributed by atoms with Crippen LogP contribution in [-0.2, 0) is 0 Å². The smallest absolute Gasteiger partial charge is 0.335 e. The minimum Gasteiger partial charge on any atom is -0.478 e. The van der Waals surface area contributed by atoms with E-state index in [9.17, 15) is 4.79 Å². The zero-order valence-electron chi connectivity index (χ0n) is 12.1. The lowest BCUT2D eigenvalue weighted by atomic mass is 9.95. The average Bonchev–Trinajstić information content (AvgIpc) is 2.90. The van der Waals surface area contributed by atoms with Gasteiger partial charge >= 0.3 is 5.97 Å². The second kappa shape index (κ2) is 5.68. The Morgan fingerprint density at radius 2 is 1.81 bits per heavy atom. The van der Waals surface area contributed by atoms with E-state index < -0.39 is 5.97 Å². The van der Waals surface area contributed by atoms with Crippen molar-refractivity contribution in [2.45, 2.75) is 45.1 Å². The van der Waals surface area contributed by atoms with Crippen LogP contribution in [0.25, 0.3) is 11.4 Å². The van der Waals surface area contributed by atoms with Crippen LogP contribution < -0.4 is 0 Å². The van der Waals surface area contributed by atoms with Crippen molar-refractivity contribution in [2.24, 2.45) is 0 Å². The van der Waals surface area contributed by atoms with Gasteiger partial charge in [-0.2, -0.15) is 0 Å². The molecule has 0 radical (unpaired) electrons. The van der Waals surface area contributed by atoms with Gasteiger partial charge < -0.3 is 9.67 Å². The highest BCUT2D eigenvalue weighted by Gasteiger charge is 2.21. The van der Waals surface area contributed by atoms with Crippen LogP contribution in [0.3, 0.4) is 0 Å². The molecule has 2 aromatic rings. The summed E-state index contributed by atoms with van der Waals surface area (Å²) in [6.07, 6.45) is 6.14. The first-order valence-electron chi connectivity index (χ1n) is 7.42. The van der Waals surface area contributed by atoms with Gasteiger partial charge in [0.05, 0.1) is 5.56 Å². The molecule has 1 saturated carbocycles. The summed E-state index contributed by atoms with van der Waals surface area (Å²) in [5.74, 6) is 0.863. The van der Waals surface area contributed by atoms with E-state index in [0.29, 0.717) is 11.6 Å². The van der Waals surface area contributed by atoms with Crippen LogP contribution >= 0.6 is 0 Å². The molecule has 1 aliphatic rings. The standard InChI is InChI=1S/C16H19N3O2/c1-11-17-18-15(19(11)14-5-3-2-4-6-14)12-7-9-13(10-8-12)16(20)21/h7-10,14H,2-6H2,1H3,(H,20,21). The van der Waals surface area contributed by atoms with Crippen molar-refractivity contribution in [3.63, 3.8) is 0 Å². The number of aryl methyl sites for hydroxylation is 1. The molecule has 3 rings (SSSR count). The van der Waals surface area contributed by atoms with Gasteiger partial charge in [0.1, 0.15) is 5.82 Å². The lowest BCUT2D eigenvalue weighted by Crippen LogP contribution is -2.15. The first-order chi connectivity index (χ1) is 10.2. The molecule has 5 heteroatoms. The molecule has 0 spiro atoms. The summed E-state index contributed by atoms with van der Waals surface area (Å²) in [5, 5.41) is 17.5. The number of rotatable bonds is 3. The van der Waals surface area contributed by atoms with Gasteiger partial charge in [0, 0.05) is 11.6 Å². The maximum atomic E-state index is 10.9. The normalized spacial score (nSPS) is 16.0. The predicted molar refractivity (Wildman–Crippen MR) is 79.3 cm³/mol. The zero-order valence-corrected chi connectivity index (χ0v) is 12.1. The summed E-state index contributed by atoms with van der Waals surface area (Å²) in [5.41, 5.74) is 1.21. The number of nitrogens with zero attached hydrogens (tertiary/aromatic N) is 3. The predicted octanol–water partition coefficient (Wildman–Crippen LogP) is 3.46. The molecule has 1 aromatic carbocycles. The van der Waals surface area contributed by atoms with Crippen LogP contribution in [0.15, 0.2) is 24.3 Å². The Morgan fingerprint density at radius 3 is 2.43 bits per heavy atom. The van der Waals surface area contributed by atoms with Crippen LogP contribution in [0.1, 0.15) is 54.3 Å². The van der Waals surface area contributed by atoms with E-state index in [1.165, 1.54) is 32.1 Å². The maximum absolute atomic E-state index is 10.9. The van der Waals surface area contributed by atoms with Gasteiger partial charge in [0.15, 0.2) is 5.82 Å². The second-order valence-corrected chi connectivity index (χ2v) is 5.62. The van der Waals surface area contributed by atoms with Gasteiger partial charge in [-0.25, -0.2) is 4.79 Å². The van der Waals surface area contributed by atoms with Crippen molar-refractivity contribution in [2.75, 3.05) is 0 Å². The molecule has 110 valence electrons. The molecule has 1 aromatic heterocycles. The summed E-state index contributed by atoms with van der Waals surface area (Å²) in [7, 11) is 0. The highest BCUT2D eigenvalue weighted by atomic mass is 16.4. The minimum absolute atomic E-state index is 0.291. The zero-order chi connectivity index (χ0) is 14.8. The lowest BCUT2D eigenvalue weighted by molar-refractivity contribution is 0.0697. The van der Waals surface area contributed by atoms with Gasteiger partial charge in [-0.3, -0.25) is 0 Å². The first kappa shape index (κ1) is 13.8. The first-order valence-corrected chi connectivity index (χ1v) is 7.42. The molecular formula is C16H19N3O2. The summed E-state index contributed by atoms with van der Waals surface area (Å²) < 4.78 is 2.22. The van der Waals surface area contributed by atoms with E-state index >= 15 is 0 Å². The number of carboxylic acid groups (broad SMARTS) is 1. The molecule has 0 bridgehead atoms. The van der Waals surface area contributed by atoms with Crippen LogP contribution in [-0.4, -0.2) is 25.8 Å². The molecule has 1 N–H and O–H groups in total. The fraction of sp³-hybridized carbons (Fsp3) is 0.438. The summed E-state index contributed by atoms with van der Waals surface area (Å²) in [6.45, 7) is 1.98. The molecule has 0 atom stereocenters. The third-order valence-corrected chi connectivity index (χ3v) is 4.20. The van der Waals surface area contributed by atoms with E-state index in [1.54, 1.807) is 12.1 Å². The number of carbonyl (C=O) groups is 1. The Balaban J connectivity index is 1.96. The number of hydrogen-bond acceptors (Lipinski definition) is 3. The quantitative estimate of drug-likeness (QED) is 0.937. The van der Waals surface area contributed by atoms with Gasteiger partial charge in [0.25, 0.3) is 0 Å². The van der Waals surface area contributed by atoms with Crippen molar-refractivity contribution in [1.82, 2.24) is 14.8 Å². The summed E-state index contributed by atoms with van der Waals surface area (Å²) >= 11 is 0. The number of aromatic nitrogens is 3. The largest absolute Gasteiger partial charge is 0.478 e. The molecule has 1 aliphatic carbocycles. The third kappa shape index (κ3) is 2.68. The molecule has 0 aliphatic heterocycles. The van der Waals surface area contributed by atoms with E-state index in [2.05, 4.69) is 14.8 Å². The second-order valence-electron chi connectivity index (χ2n) is 5.62. The van der Waals surface area contributed by atoms with Crippen molar-refractivity contribution in [3.8, 4) is 11.4 Å². The SMILES string of the molecule is Cc1nnc(-c2ccc(C(=O)O)cc2)n1C1CCCCC1. The minimum atomic E-state index is -0.911. The van der Waals surface area contributed by atoms with E-state index in [4.69, 9.17) is 5.11 Å². The third-order valence-electron chi connectivity index (χ3n) is 4.20. The molecule has 21 heavy (non-hydrogen) atoms. The van der Waals surface area contributed by atoms with Crippen LogP contribution in [0.4, 0.5) is 0 Å². The number of benzene rings is 1. The van der Waals surface area contributed by atoms with Crippen LogP contribution in [0.5, 0.6) is 0 Å². The van der Waals surface area contributed by atoms with Crippen LogP contribution in [0.2, 0.25) is 0 Å². The average molecular weight is 285 g/mol. The van der Waals surface area contributed by atoms with E-state index in [-0.39, 0.29) is 0 Å². The van der Waals surface area contributed by atoms with Gasteiger partial charge in [-0.05, 0) is 31.9 Å². The Hall–Kier alpha value is -2.17. The molecule has 1 fully saturated rings. The summed E-state index contributed by atoms with van der Waals surface area (Å²) in [4.78, 5) is 10.9. The highest BCUT2D eigenvalue weighted by molar-refractivity contribution is 5.88. The van der Waals surface area contributed by atoms with Crippen molar-refractivity contribution >= 4 is 5.97 Å². The lowest BCUT2D eigenvalue weighted by Gasteiger charge is -2.25. The van der Waals surface area contributed by atoms with Crippen molar-refractivity contribution < 1.29 is 9.90 Å². The monoisotopic (exact) mass is 285 g/mol. The number of carboxylic acids is 1. The number of aromatic carboxylic acids is 1. The topological polar surface area (TPSA) is 68.0 Å². The fourth-order valence-corrected chi connectivity index (χ4v) is 3.10. The molecule has 0 saturated heterocycles. The van der Waals surface area contributed by atoms with Crippen molar-refractivity contribution in [1.29, 1.82) is 0 Å². The van der Waals surface area contributed by atoms with Gasteiger partial charge in [-0.15, -0.1) is 10.2 Å². The summed E-state index contributed by atoms with van der Waals surface area (Å²) in [6, 6.07) is 7.32. The van der Waals surface area contributed by atoms with Crippen LogP contribution in [0, 0.1) is 6.92 Å². The van der Waals surface area contributed by atoms with E-state index in [0.717, 1.165) is 17.2 Å². The van der Waals surface area contributed by atoms with E-state index in [1.807, 2.05) is 19.1 Å². The highest BCUT2D eigenvalue weighted by Crippen LogP contribution is 2.32. The van der Waals surface area contributed by atoms with Gasteiger partial charge in [0.2, 0.25) is 0 Å². The molecule has 0 unspecified atom stereocenters. The molecule has 1 heterocycles. The Kier molecular flexibility index (Phi) is 3.73.